The summed E-state index contributed by atoms with van der Waals surface area (Å²) in [5.41, 5.74) is 8.71. The summed E-state index contributed by atoms with van der Waals surface area (Å²) in [6.45, 7) is 0. The summed E-state index contributed by atoms with van der Waals surface area (Å²) in [6.07, 6.45) is 1.74. The van der Waals surface area contributed by atoms with E-state index in [0.717, 1.165) is 29.7 Å². The molecular weight excluding hydrogens is 253 g/mol. The molecule has 2 N–H and O–H groups in total. The molecule has 92 valence electrons. The Labute approximate surface area is 109 Å². The lowest BCUT2D eigenvalue weighted by Crippen LogP contribution is -2.04. The van der Waals surface area contributed by atoms with Gasteiger partial charge in [-0.15, -0.1) is 0 Å². The van der Waals surface area contributed by atoms with Crippen LogP contribution in [0.2, 0.25) is 5.28 Å². The van der Waals surface area contributed by atoms with E-state index in [1.54, 1.807) is 12.1 Å². The SMILES string of the molecule is Nc1nc(Cl)nc2c1CCC2c1ccc(F)cc1. The number of benzene rings is 1. The minimum Gasteiger partial charge on any atom is -0.383 e. The van der Waals surface area contributed by atoms with Crippen molar-refractivity contribution in [1.29, 1.82) is 0 Å². The molecule has 0 amide bonds. The third-order valence-corrected chi connectivity index (χ3v) is 3.50. The molecule has 1 aliphatic rings. The number of fused-ring (bicyclic) bond motifs is 1. The van der Waals surface area contributed by atoms with Gasteiger partial charge in [-0.25, -0.2) is 14.4 Å². The molecule has 5 heteroatoms. The van der Waals surface area contributed by atoms with E-state index in [9.17, 15) is 4.39 Å². The molecule has 1 aliphatic carbocycles. The van der Waals surface area contributed by atoms with Crippen molar-refractivity contribution in [3.05, 3.63) is 52.2 Å². The first-order valence-corrected chi connectivity index (χ1v) is 6.10. The van der Waals surface area contributed by atoms with Crippen LogP contribution in [0.5, 0.6) is 0 Å². The Balaban J connectivity index is 2.07. The van der Waals surface area contributed by atoms with Crippen molar-refractivity contribution in [3.8, 4) is 0 Å². The van der Waals surface area contributed by atoms with Gasteiger partial charge < -0.3 is 5.73 Å². The van der Waals surface area contributed by atoms with Gasteiger partial charge in [-0.3, -0.25) is 0 Å². The van der Waals surface area contributed by atoms with Crippen LogP contribution in [-0.2, 0) is 6.42 Å². The van der Waals surface area contributed by atoms with E-state index in [2.05, 4.69) is 9.97 Å². The van der Waals surface area contributed by atoms with E-state index < -0.39 is 0 Å². The van der Waals surface area contributed by atoms with E-state index >= 15 is 0 Å². The van der Waals surface area contributed by atoms with Crippen molar-refractivity contribution in [1.82, 2.24) is 9.97 Å². The highest BCUT2D eigenvalue weighted by Crippen LogP contribution is 2.39. The fourth-order valence-corrected chi connectivity index (χ4v) is 2.66. The number of nitrogen functional groups attached to an aromatic ring is 1. The fraction of sp³-hybridized carbons (Fsp3) is 0.231. The molecule has 18 heavy (non-hydrogen) atoms. The second-order valence-electron chi connectivity index (χ2n) is 4.38. The van der Waals surface area contributed by atoms with Gasteiger partial charge in [0.25, 0.3) is 0 Å². The molecule has 1 aromatic carbocycles. The normalized spacial score (nSPS) is 17.8. The monoisotopic (exact) mass is 263 g/mol. The molecule has 1 heterocycles. The van der Waals surface area contributed by atoms with Gasteiger partial charge >= 0.3 is 0 Å². The van der Waals surface area contributed by atoms with E-state index in [4.69, 9.17) is 17.3 Å². The van der Waals surface area contributed by atoms with E-state index in [0.29, 0.717) is 5.82 Å². The third-order valence-electron chi connectivity index (χ3n) is 3.33. The van der Waals surface area contributed by atoms with Gasteiger partial charge in [0, 0.05) is 11.5 Å². The summed E-state index contributed by atoms with van der Waals surface area (Å²) in [6, 6.07) is 6.47. The number of halogens is 2. The lowest BCUT2D eigenvalue weighted by molar-refractivity contribution is 0.625. The highest BCUT2D eigenvalue weighted by Gasteiger charge is 2.28. The van der Waals surface area contributed by atoms with Gasteiger partial charge in [0.15, 0.2) is 0 Å². The summed E-state index contributed by atoms with van der Waals surface area (Å²) in [5, 5.41) is 0.167. The molecule has 1 aromatic heterocycles. The molecule has 0 radical (unpaired) electrons. The second kappa shape index (κ2) is 4.21. The zero-order valence-corrected chi connectivity index (χ0v) is 10.3. The van der Waals surface area contributed by atoms with Gasteiger partial charge in [0.1, 0.15) is 11.6 Å². The number of nitrogens with zero attached hydrogens (tertiary/aromatic N) is 2. The summed E-state index contributed by atoms with van der Waals surface area (Å²) in [4.78, 5) is 8.23. The van der Waals surface area contributed by atoms with Gasteiger partial charge in [0.05, 0.1) is 5.69 Å². The predicted octanol–water partition coefficient (Wildman–Crippen LogP) is 2.93. The lowest BCUT2D eigenvalue weighted by Gasteiger charge is -2.11. The quantitative estimate of drug-likeness (QED) is 0.805. The van der Waals surface area contributed by atoms with E-state index in [1.165, 1.54) is 12.1 Å². The van der Waals surface area contributed by atoms with Crippen molar-refractivity contribution in [3.63, 3.8) is 0 Å². The van der Waals surface area contributed by atoms with Crippen molar-refractivity contribution < 1.29 is 4.39 Å². The van der Waals surface area contributed by atoms with Gasteiger partial charge in [-0.2, -0.15) is 0 Å². The Morgan fingerprint density at radius 3 is 2.67 bits per heavy atom. The molecule has 0 spiro atoms. The van der Waals surface area contributed by atoms with Crippen molar-refractivity contribution in [2.45, 2.75) is 18.8 Å². The summed E-state index contributed by atoms with van der Waals surface area (Å²) >= 11 is 5.84. The maximum absolute atomic E-state index is 12.9. The fourth-order valence-electron chi connectivity index (χ4n) is 2.48. The Morgan fingerprint density at radius 2 is 1.94 bits per heavy atom. The lowest BCUT2D eigenvalue weighted by atomic mass is 9.97. The van der Waals surface area contributed by atoms with Crippen LogP contribution in [0.15, 0.2) is 24.3 Å². The number of rotatable bonds is 1. The average molecular weight is 264 g/mol. The number of nitrogens with two attached hydrogens (primary N) is 1. The zero-order valence-electron chi connectivity index (χ0n) is 9.53. The topological polar surface area (TPSA) is 51.8 Å². The maximum atomic E-state index is 12.9. The Bertz CT molecular complexity index is 598. The minimum atomic E-state index is -0.239. The van der Waals surface area contributed by atoms with Gasteiger partial charge in [-0.1, -0.05) is 12.1 Å². The van der Waals surface area contributed by atoms with Crippen LogP contribution in [0.3, 0.4) is 0 Å². The molecule has 0 saturated carbocycles. The summed E-state index contributed by atoms with van der Waals surface area (Å²) in [7, 11) is 0. The minimum absolute atomic E-state index is 0.128. The average Bonchev–Trinajstić information content (AvgIpc) is 2.74. The Morgan fingerprint density at radius 1 is 1.22 bits per heavy atom. The molecule has 1 unspecified atom stereocenters. The van der Waals surface area contributed by atoms with Crippen molar-refractivity contribution in [2.75, 3.05) is 5.73 Å². The number of hydrogen-bond donors (Lipinski definition) is 1. The van der Waals surface area contributed by atoms with Crippen LogP contribution in [0.25, 0.3) is 0 Å². The van der Waals surface area contributed by atoms with Crippen LogP contribution in [0, 0.1) is 5.82 Å². The number of anilines is 1. The van der Waals surface area contributed by atoms with Crippen molar-refractivity contribution >= 4 is 17.4 Å². The molecular formula is C13H11ClFN3. The van der Waals surface area contributed by atoms with Crippen LogP contribution in [0.4, 0.5) is 10.2 Å². The molecule has 1 atom stereocenters. The van der Waals surface area contributed by atoms with Crippen molar-refractivity contribution in [2.24, 2.45) is 0 Å². The molecule has 0 aliphatic heterocycles. The smallest absolute Gasteiger partial charge is 0.224 e. The zero-order chi connectivity index (χ0) is 12.7. The number of aromatic nitrogens is 2. The largest absolute Gasteiger partial charge is 0.383 e. The van der Waals surface area contributed by atoms with Crippen LogP contribution < -0.4 is 5.73 Å². The Hall–Kier alpha value is -1.68. The Kier molecular flexibility index (Phi) is 2.67. The molecule has 0 saturated heterocycles. The van der Waals surface area contributed by atoms with Crippen LogP contribution in [-0.4, -0.2) is 9.97 Å². The van der Waals surface area contributed by atoms with Gasteiger partial charge in [0.2, 0.25) is 5.28 Å². The predicted molar refractivity (Wildman–Crippen MR) is 68.0 cm³/mol. The maximum Gasteiger partial charge on any atom is 0.224 e. The summed E-state index contributed by atoms with van der Waals surface area (Å²) in [5.74, 6) is 0.343. The summed E-state index contributed by atoms with van der Waals surface area (Å²) < 4.78 is 12.9. The molecule has 0 fully saturated rings. The highest BCUT2D eigenvalue weighted by molar-refractivity contribution is 6.28. The third kappa shape index (κ3) is 1.82. The first-order valence-electron chi connectivity index (χ1n) is 5.72. The standard InChI is InChI=1S/C13H11ClFN3/c14-13-17-11-9(5-6-10(11)12(16)18-13)7-1-3-8(15)4-2-7/h1-4,9H,5-6H2,(H2,16,17,18). The second-order valence-corrected chi connectivity index (χ2v) is 4.72. The first-order chi connectivity index (χ1) is 8.65. The first kappa shape index (κ1) is 11.4. The number of hydrogen-bond acceptors (Lipinski definition) is 3. The molecule has 3 nitrogen and oxygen atoms in total. The van der Waals surface area contributed by atoms with Crippen LogP contribution >= 0.6 is 11.6 Å². The van der Waals surface area contributed by atoms with Gasteiger partial charge in [-0.05, 0) is 42.1 Å². The van der Waals surface area contributed by atoms with E-state index in [1.807, 2.05) is 0 Å². The molecule has 3 rings (SSSR count). The van der Waals surface area contributed by atoms with Crippen LogP contribution in [0.1, 0.15) is 29.2 Å². The molecule has 2 aromatic rings. The highest BCUT2D eigenvalue weighted by atomic mass is 35.5. The van der Waals surface area contributed by atoms with E-state index in [-0.39, 0.29) is 17.0 Å². The molecule has 0 bridgehead atoms.